The second-order valence-corrected chi connectivity index (χ2v) is 11.4. The highest BCUT2D eigenvalue weighted by atomic mass is 32.2. The van der Waals surface area contributed by atoms with Gasteiger partial charge in [0.15, 0.2) is 0 Å². The summed E-state index contributed by atoms with van der Waals surface area (Å²) in [6, 6.07) is 18.1. The molecule has 0 bridgehead atoms. The van der Waals surface area contributed by atoms with Crippen molar-refractivity contribution in [3.05, 3.63) is 77.9 Å². The second kappa shape index (κ2) is 14.7. The van der Waals surface area contributed by atoms with E-state index < -0.39 is 0 Å². The molecule has 216 valence electrons. The zero-order chi connectivity index (χ0) is 29.2. The molecule has 0 aliphatic rings. The van der Waals surface area contributed by atoms with Crippen LogP contribution in [-0.2, 0) is 16.0 Å². The van der Waals surface area contributed by atoms with Crippen LogP contribution in [0.1, 0.15) is 63.5 Å². The van der Waals surface area contributed by atoms with Crippen LogP contribution in [-0.4, -0.2) is 39.3 Å². The van der Waals surface area contributed by atoms with E-state index in [0.29, 0.717) is 24.5 Å². The van der Waals surface area contributed by atoms with Gasteiger partial charge in [-0.05, 0) is 112 Å². The summed E-state index contributed by atoms with van der Waals surface area (Å²) < 4.78 is 11.0. The Morgan fingerprint density at radius 2 is 1.63 bits per heavy atom. The van der Waals surface area contributed by atoms with Crippen molar-refractivity contribution in [3.63, 3.8) is 0 Å². The third-order valence-corrected chi connectivity index (χ3v) is 7.63. The Morgan fingerprint density at radius 1 is 0.927 bits per heavy atom. The van der Waals surface area contributed by atoms with Crippen molar-refractivity contribution in [2.75, 3.05) is 13.2 Å². The summed E-state index contributed by atoms with van der Waals surface area (Å²) in [5.41, 5.74) is 4.62. The Balaban J connectivity index is 1.29. The van der Waals surface area contributed by atoms with E-state index in [9.17, 15) is 9.90 Å². The van der Waals surface area contributed by atoms with Gasteiger partial charge in [-0.2, -0.15) is 0 Å². The van der Waals surface area contributed by atoms with Gasteiger partial charge in [-0.25, -0.2) is 4.79 Å². The van der Waals surface area contributed by atoms with E-state index in [4.69, 9.17) is 9.47 Å². The molecule has 0 aliphatic carbocycles. The highest BCUT2D eigenvalue weighted by Crippen LogP contribution is 2.32. The van der Waals surface area contributed by atoms with Crippen molar-refractivity contribution in [2.45, 2.75) is 75.5 Å². The number of phenols is 1. The normalized spacial score (nSPS) is 11.1. The summed E-state index contributed by atoms with van der Waals surface area (Å²) in [4.78, 5) is 15.1. The molecule has 4 rings (SSSR count). The summed E-state index contributed by atoms with van der Waals surface area (Å²) in [6.45, 7) is 10.5. The number of aromatic nitrogens is 3. The summed E-state index contributed by atoms with van der Waals surface area (Å²) in [5.74, 6) is 0.779. The van der Waals surface area contributed by atoms with Crippen LogP contribution in [0.25, 0.3) is 16.7 Å². The molecule has 8 heteroatoms. The smallest absolute Gasteiger partial charge is 0.333 e. The van der Waals surface area contributed by atoms with Crippen molar-refractivity contribution < 1.29 is 19.4 Å². The van der Waals surface area contributed by atoms with Crippen LogP contribution >= 0.6 is 11.8 Å². The third kappa shape index (κ3) is 8.60. The standard InChI is InChI=1S/C33H39N3O4S/c1-5-6-11-25-20-24(4)21-31(32(25)37)36-34-29-17-16-28(22-30(29)35-36)41-27-14-12-26(13-15-27)39-18-9-7-8-10-19-40-33(38)23(2)3/h12-17,20-22,37H,2,5-11,18-19H2,1,3-4H3. The molecule has 1 aromatic heterocycles. The summed E-state index contributed by atoms with van der Waals surface area (Å²) >= 11 is 1.65. The van der Waals surface area contributed by atoms with Crippen LogP contribution < -0.4 is 4.74 Å². The molecular formula is C33H39N3O4S. The molecule has 0 amide bonds. The van der Waals surface area contributed by atoms with Crippen LogP contribution in [0.3, 0.4) is 0 Å². The fraction of sp³-hybridized carbons (Fsp3) is 0.364. The zero-order valence-corrected chi connectivity index (χ0v) is 25.0. The molecule has 0 aliphatic heterocycles. The lowest BCUT2D eigenvalue weighted by Gasteiger charge is -2.10. The number of nitrogens with zero attached hydrogens (tertiary/aromatic N) is 3. The molecular weight excluding hydrogens is 534 g/mol. The van der Waals surface area contributed by atoms with Gasteiger partial charge in [0.05, 0.1) is 13.2 Å². The minimum Gasteiger partial charge on any atom is -0.505 e. The molecule has 1 N–H and O–H groups in total. The predicted molar refractivity (Wildman–Crippen MR) is 164 cm³/mol. The number of fused-ring (bicyclic) bond motifs is 1. The van der Waals surface area contributed by atoms with E-state index in [0.717, 1.165) is 82.6 Å². The van der Waals surface area contributed by atoms with Gasteiger partial charge in [-0.1, -0.05) is 37.8 Å². The maximum absolute atomic E-state index is 11.4. The van der Waals surface area contributed by atoms with Crippen molar-refractivity contribution in [3.8, 4) is 17.2 Å². The summed E-state index contributed by atoms with van der Waals surface area (Å²) in [6.07, 6.45) is 6.74. The molecule has 1 heterocycles. The number of hydrogen-bond donors (Lipinski definition) is 1. The quantitative estimate of drug-likeness (QED) is 0.0876. The highest BCUT2D eigenvalue weighted by molar-refractivity contribution is 7.99. The van der Waals surface area contributed by atoms with E-state index in [-0.39, 0.29) is 11.7 Å². The number of hydrogen-bond acceptors (Lipinski definition) is 7. The SMILES string of the molecule is C=C(C)C(=O)OCCCCCCOc1ccc(Sc2ccc3nn(-c4cc(C)cc(CCCC)c4O)nc3c2)cc1. The number of carbonyl (C=O) groups excluding carboxylic acids is 1. The first-order valence-corrected chi connectivity index (χ1v) is 15.1. The number of aryl methyl sites for hydroxylation is 2. The molecule has 41 heavy (non-hydrogen) atoms. The molecule has 0 saturated heterocycles. The van der Waals surface area contributed by atoms with E-state index in [1.807, 2.05) is 49.4 Å². The molecule has 0 radical (unpaired) electrons. The molecule has 0 saturated carbocycles. The fourth-order valence-corrected chi connectivity index (χ4v) is 5.24. The van der Waals surface area contributed by atoms with Crippen LogP contribution in [0.2, 0.25) is 0 Å². The number of unbranched alkanes of at least 4 members (excludes halogenated alkanes) is 4. The number of aromatic hydroxyl groups is 1. The maximum Gasteiger partial charge on any atom is 0.333 e. The molecule has 0 atom stereocenters. The van der Waals surface area contributed by atoms with Crippen LogP contribution in [0.5, 0.6) is 11.5 Å². The van der Waals surface area contributed by atoms with E-state index in [1.54, 1.807) is 23.5 Å². The molecule has 3 aromatic carbocycles. The molecule has 0 spiro atoms. The van der Waals surface area contributed by atoms with Crippen molar-refractivity contribution >= 4 is 28.8 Å². The number of carbonyl (C=O) groups is 1. The summed E-state index contributed by atoms with van der Waals surface area (Å²) in [7, 11) is 0. The number of esters is 1. The van der Waals surface area contributed by atoms with E-state index in [2.05, 4.69) is 35.8 Å². The van der Waals surface area contributed by atoms with Crippen molar-refractivity contribution in [2.24, 2.45) is 0 Å². The van der Waals surface area contributed by atoms with Gasteiger partial charge in [0.1, 0.15) is 28.2 Å². The van der Waals surface area contributed by atoms with Crippen LogP contribution in [0.15, 0.2) is 76.5 Å². The largest absolute Gasteiger partial charge is 0.505 e. The molecule has 0 fully saturated rings. The highest BCUT2D eigenvalue weighted by Gasteiger charge is 2.14. The molecule has 4 aromatic rings. The van der Waals surface area contributed by atoms with Gasteiger partial charge >= 0.3 is 5.97 Å². The lowest BCUT2D eigenvalue weighted by molar-refractivity contribution is -0.139. The molecule has 0 unspecified atom stereocenters. The van der Waals surface area contributed by atoms with Gasteiger partial charge in [-0.15, -0.1) is 15.0 Å². The van der Waals surface area contributed by atoms with Gasteiger partial charge in [0.2, 0.25) is 0 Å². The monoisotopic (exact) mass is 573 g/mol. The van der Waals surface area contributed by atoms with Crippen LogP contribution in [0, 0.1) is 6.92 Å². The average Bonchev–Trinajstić information content (AvgIpc) is 3.38. The Hall–Kier alpha value is -3.78. The predicted octanol–water partition coefficient (Wildman–Crippen LogP) is 7.99. The summed E-state index contributed by atoms with van der Waals surface area (Å²) in [5, 5.41) is 20.2. The Bertz CT molecular complexity index is 1480. The van der Waals surface area contributed by atoms with Crippen molar-refractivity contribution in [1.82, 2.24) is 15.0 Å². The number of phenolic OH excluding ortho intramolecular Hbond substituents is 1. The third-order valence-electron chi connectivity index (χ3n) is 6.63. The van der Waals surface area contributed by atoms with E-state index >= 15 is 0 Å². The molecule has 7 nitrogen and oxygen atoms in total. The number of ether oxygens (including phenoxy) is 2. The Kier molecular flexibility index (Phi) is 10.8. The average molecular weight is 574 g/mol. The first kappa shape index (κ1) is 30.2. The van der Waals surface area contributed by atoms with Crippen molar-refractivity contribution in [1.29, 1.82) is 0 Å². The first-order chi connectivity index (χ1) is 19.8. The first-order valence-electron chi connectivity index (χ1n) is 14.3. The minimum atomic E-state index is -0.321. The zero-order valence-electron chi connectivity index (χ0n) is 24.2. The lowest BCUT2D eigenvalue weighted by atomic mass is 10.0. The second-order valence-electron chi connectivity index (χ2n) is 10.3. The van der Waals surface area contributed by atoms with Gasteiger partial charge in [0.25, 0.3) is 0 Å². The van der Waals surface area contributed by atoms with Gasteiger partial charge in [0, 0.05) is 15.4 Å². The fourth-order valence-electron chi connectivity index (χ4n) is 4.38. The minimum absolute atomic E-state index is 0.253. The lowest BCUT2D eigenvalue weighted by Crippen LogP contribution is -2.06. The van der Waals surface area contributed by atoms with Gasteiger partial charge < -0.3 is 14.6 Å². The van der Waals surface area contributed by atoms with E-state index in [1.165, 1.54) is 0 Å². The maximum atomic E-state index is 11.4. The number of benzene rings is 3. The van der Waals surface area contributed by atoms with Crippen LogP contribution in [0.4, 0.5) is 0 Å². The Morgan fingerprint density at radius 3 is 2.37 bits per heavy atom. The topological polar surface area (TPSA) is 86.5 Å². The van der Waals surface area contributed by atoms with Gasteiger partial charge in [-0.3, -0.25) is 0 Å². The Labute approximate surface area is 246 Å². The number of rotatable bonds is 15.